The summed E-state index contributed by atoms with van der Waals surface area (Å²) in [6.07, 6.45) is 0. The molecule has 0 spiro atoms. The minimum Gasteiger partial charge on any atom is -0.327 e. The highest BCUT2D eigenvalue weighted by molar-refractivity contribution is 7.91. The predicted octanol–water partition coefficient (Wildman–Crippen LogP) is 1.54. The summed E-state index contributed by atoms with van der Waals surface area (Å²) in [6, 6.07) is 10.2. The molecule has 7 heteroatoms. The van der Waals surface area contributed by atoms with Gasteiger partial charge in [-0.05, 0) is 30.5 Å². The van der Waals surface area contributed by atoms with Gasteiger partial charge in [0.25, 0.3) is 10.0 Å². The van der Waals surface area contributed by atoms with E-state index in [0.717, 1.165) is 18.7 Å². The third-order valence-electron chi connectivity index (χ3n) is 4.44. The van der Waals surface area contributed by atoms with E-state index >= 15 is 0 Å². The van der Waals surface area contributed by atoms with Crippen molar-refractivity contribution in [2.75, 3.05) is 26.2 Å². The van der Waals surface area contributed by atoms with Crippen molar-refractivity contribution in [1.29, 1.82) is 0 Å². The molecule has 1 fully saturated rings. The first-order valence-corrected chi connectivity index (χ1v) is 9.94. The standard InChI is InChI=1S/C16H19FN2O2S2/c1-13(14-4-6-15(17)7-5-14)18-8-10-19(11-9-18)23(20,21)16-3-2-12-22-16/h2-7,12-13H,8-11H2,1H3/p+1/t13-/m0/s1. The van der Waals surface area contributed by atoms with Crippen LogP contribution in [0.3, 0.4) is 0 Å². The Morgan fingerprint density at radius 3 is 2.39 bits per heavy atom. The van der Waals surface area contributed by atoms with Crippen molar-refractivity contribution in [3.8, 4) is 0 Å². The Labute approximate surface area is 140 Å². The number of hydrogen-bond acceptors (Lipinski definition) is 3. The lowest BCUT2D eigenvalue weighted by molar-refractivity contribution is -0.933. The number of rotatable bonds is 4. The highest BCUT2D eigenvalue weighted by atomic mass is 32.2. The molecule has 0 aliphatic carbocycles. The van der Waals surface area contributed by atoms with E-state index in [-0.39, 0.29) is 11.9 Å². The predicted molar refractivity (Wildman–Crippen MR) is 88.6 cm³/mol. The summed E-state index contributed by atoms with van der Waals surface area (Å²) in [6.45, 7) is 4.64. The molecule has 0 radical (unpaired) electrons. The summed E-state index contributed by atoms with van der Waals surface area (Å²) >= 11 is 1.26. The maximum atomic E-state index is 13.0. The third kappa shape index (κ3) is 3.47. The van der Waals surface area contributed by atoms with Crippen molar-refractivity contribution in [2.24, 2.45) is 0 Å². The molecular weight excluding hydrogens is 335 g/mol. The maximum Gasteiger partial charge on any atom is 0.252 e. The van der Waals surface area contributed by atoms with Gasteiger partial charge in [-0.15, -0.1) is 11.3 Å². The number of nitrogens with zero attached hydrogens (tertiary/aromatic N) is 1. The van der Waals surface area contributed by atoms with Gasteiger partial charge in [0.2, 0.25) is 0 Å². The van der Waals surface area contributed by atoms with Crippen LogP contribution in [0.1, 0.15) is 18.5 Å². The number of quaternary nitrogens is 1. The fraction of sp³-hybridized carbons (Fsp3) is 0.375. The van der Waals surface area contributed by atoms with Crippen LogP contribution in [0.15, 0.2) is 46.0 Å². The highest BCUT2D eigenvalue weighted by Crippen LogP contribution is 2.21. The quantitative estimate of drug-likeness (QED) is 0.904. The number of benzene rings is 1. The fourth-order valence-electron chi connectivity index (χ4n) is 2.97. The van der Waals surface area contributed by atoms with Crippen LogP contribution in [-0.4, -0.2) is 38.9 Å². The van der Waals surface area contributed by atoms with E-state index in [0.29, 0.717) is 17.3 Å². The molecule has 1 aliphatic rings. The first kappa shape index (κ1) is 16.6. The van der Waals surface area contributed by atoms with Crippen LogP contribution < -0.4 is 4.90 Å². The maximum absolute atomic E-state index is 13.0. The summed E-state index contributed by atoms with van der Waals surface area (Å²) in [5.74, 6) is -0.234. The Bertz CT molecular complexity index is 737. The summed E-state index contributed by atoms with van der Waals surface area (Å²) in [7, 11) is -3.35. The molecule has 3 rings (SSSR count). The minimum atomic E-state index is -3.35. The van der Waals surface area contributed by atoms with Crippen molar-refractivity contribution in [1.82, 2.24) is 4.31 Å². The topological polar surface area (TPSA) is 41.8 Å². The molecule has 124 valence electrons. The number of thiophene rings is 1. The summed E-state index contributed by atoms with van der Waals surface area (Å²) < 4.78 is 40.0. The lowest BCUT2D eigenvalue weighted by Gasteiger charge is -2.34. The average Bonchev–Trinajstić information content (AvgIpc) is 3.10. The molecule has 0 bridgehead atoms. The number of hydrogen-bond donors (Lipinski definition) is 1. The highest BCUT2D eigenvalue weighted by Gasteiger charge is 2.33. The average molecular weight is 355 g/mol. The molecule has 0 saturated carbocycles. The molecule has 1 saturated heterocycles. The second-order valence-corrected chi connectivity index (χ2v) is 8.88. The largest absolute Gasteiger partial charge is 0.327 e. The summed E-state index contributed by atoms with van der Waals surface area (Å²) in [5, 5.41) is 1.78. The second-order valence-electron chi connectivity index (χ2n) is 5.77. The van der Waals surface area contributed by atoms with Crippen LogP contribution in [0, 0.1) is 5.82 Å². The molecule has 1 aromatic heterocycles. The smallest absolute Gasteiger partial charge is 0.252 e. The molecule has 1 aromatic carbocycles. The Morgan fingerprint density at radius 2 is 1.83 bits per heavy atom. The van der Waals surface area contributed by atoms with E-state index in [1.165, 1.54) is 28.4 Å². The lowest BCUT2D eigenvalue weighted by Crippen LogP contribution is -3.14. The Balaban J connectivity index is 1.65. The molecule has 23 heavy (non-hydrogen) atoms. The normalized spacial score (nSPS) is 18.9. The Hall–Kier alpha value is -1.28. The van der Waals surface area contributed by atoms with Crippen molar-refractivity contribution >= 4 is 21.4 Å². The van der Waals surface area contributed by atoms with E-state index in [9.17, 15) is 12.8 Å². The van der Waals surface area contributed by atoms with E-state index in [1.54, 1.807) is 21.8 Å². The number of halogens is 1. The SMILES string of the molecule is C[C@@H](c1ccc(F)cc1)[NH+]1CCN(S(=O)(=O)c2cccs2)CC1. The van der Waals surface area contributed by atoms with Gasteiger partial charge in [-0.1, -0.05) is 18.2 Å². The van der Waals surface area contributed by atoms with Gasteiger partial charge in [0.15, 0.2) is 0 Å². The van der Waals surface area contributed by atoms with Gasteiger partial charge in [-0.3, -0.25) is 0 Å². The Morgan fingerprint density at radius 1 is 1.17 bits per heavy atom. The molecule has 2 aromatic rings. The minimum absolute atomic E-state index is 0.224. The van der Waals surface area contributed by atoms with Crippen LogP contribution in [0.4, 0.5) is 4.39 Å². The van der Waals surface area contributed by atoms with Crippen molar-refractivity contribution < 1.29 is 17.7 Å². The van der Waals surface area contributed by atoms with Crippen molar-refractivity contribution in [3.05, 3.63) is 53.2 Å². The molecule has 1 aliphatic heterocycles. The van der Waals surface area contributed by atoms with E-state index in [4.69, 9.17) is 0 Å². The van der Waals surface area contributed by atoms with Crippen LogP contribution >= 0.6 is 11.3 Å². The summed E-state index contributed by atoms with van der Waals surface area (Å²) in [4.78, 5) is 1.33. The van der Waals surface area contributed by atoms with E-state index < -0.39 is 10.0 Å². The molecular formula is C16H20FN2O2S2+. The summed E-state index contributed by atoms with van der Waals surface area (Å²) in [5.41, 5.74) is 1.08. The zero-order valence-electron chi connectivity index (χ0n) is 12.9. The van der Waals surface area contributed by atoms with Crippen LogP contribution in [-0.2, 0) is 10.0 Å². The van der Waals surface area contributed by atoms with Gasteiger partial charge < -0.3 is 4.90 Å². The molecule has 2 heterocycles. The number of nitrogens with one attached hydrogen (secondary N) is 1. The third-order valence-corrected chi connectivity index (χ3v) is 7.71. The number of piperazine rings is 1. The van der Waals surface area contributed by atoms with Crippen molar-refractivity contribution in [2.45, 2.75) is 17.2 Å². The van der Waals surface area contributed by atoms with Gasteiger partial charge in [-0.25, -0.2) is 12.8 Å². The zero-order valence-corrected chi connectivity index (χ0v) is 14.5. The molecule has 0 unspecified atom stereocenters. The van der Waals surface area contributed by atoms with Crippen LogP contribution in [0.5, 0.6) is 0 Å². The van der Waals surface area contributed by atoms with Gasteiger partial charge in [0, 0.05) is 5.56 Å². The van der Waals surface area contributed by atoms with Crippen molar-refractivity contribution in [3.63, 3.8) is 0 Å². The first-order valence-electron chi connectivity index (χ1n) is 7.62. The monoisotopic (exact) mass is 355 g/mol. The van der Waals surface area contributed by atoms with Crippen LogP contribution in [0.2, 0.25) is 0 Å². The van der Waals surface area contributed by atoms with Gasteiger partial charge in [0.05, 0.1) is 26.2 Å². The zero-order chi connectivity index (χ0) is 16.4. The van der Waals surface area contributed by atoms with Gasteiger partial charge >= 0.3 is 0 Å². The second kappa shape index (κ2) is 6.68. The molecule has 1 atom stereocenters. The lowest BCUT2D eigenvalue weighted by atomic mass is 10.1. The Kier molecular flexibility index (Phi) is 4.82. The first-order chi connectivity index (χ1) is 11.0. The van der Waals surface area contributed by atoms with E-state index in [2.05, 4.69) is 6.92 Å². The molecule has 0 amide bonds. The number of sulfonamides is 1. The molecule has 1 N–H and O–H groups in total. The molecule has 4 nitrogen and oxygen atoms in total. The fourth-order valence-corrected chi connectivity index (χ4v) is 5.56. The van der Waals surface area contributed by atoms with Gasteiger partial charge in [0.1, 0.15) is 16.1 Å². The van der Waals surface area contributed by atoms with Crippen LogP contribution in [0.25, 0.3) is 0 Å². The van der Waals surface area contributed by atoms with E-state index in [1.807, 2.05) is 12.1 Å². The van der Waals surface area contributed by atoms with Gasteiger partial charge in [-0.2, -0.15) is 4.31 Å².